The van der Waals surface area contributed by atoms with E-state index in [0.717, 1.165) is 0 Å². The Morgan fingerprint density at radius 2 is 1.87 bits per heavy atom. The van der Waals surface area contributed by atoms with Gasteiger partial charge in [-0.1, -0.05) is 20.8 Å². The number of carbonyl (C=O) groups is 3. The van der Waals surface area contributed by atoms with E-state index in [4.69, 9.17) is 5.73 Å². The summed E-state index contributed by atoms with van der Waals surface area (Å²) in [5.41, 5.74) is 5.70. The first-order valence-electron chi connectivity index (χ1n) is 5.21. The predicted molar refractivity (Wildman–Crippen MR) is 55.1 cm³/mol. The molecule has 0 unspecified atom stereocenters. The SMILES string of the molecule is CC(C)[C@H](N)C(=O)[C@@H]1C(=O)CC(=O)[C@H]1C. The van der Waals surface area contributed by atoms with Gasteiger partial charge in [-0.3, -0.25) is 14.4 Å². The van der Waals surface area contributed by atoms with E-state index < -0.39 is 17.9 Å². The van der Waals surface area contributed by atoms with Gasteiger partial charge in [0.1, 0.15) is 5.78 Å². The standard InChI is InChI=1S/C11H17NO3/c1-5(2)10(12)11(15)9-6(3)7(13)4-8(9)14/h5-6,9-10H,4,12H2,1-3H3/t6-,9+,10+/m1/s1. The minimum absolute atomic E-state index is 0.00629. The molecule has 1 saturated carbocycles. The van der Waals surface area contributed by atoms with Crippen molar-refractivity contribution in [3.63, 3.8) is 0 Å². The van der Waals surface area contributed by atoms with Crippen molar-refractivity contribution in [1.82, 2.24) is 0 Å². The van der Waals surface area contributed by atoms with Gasteiger partial charge in [0.2, 0.25) is 0 Å². The Labute approximate surface area is 89.2 Å². The molecule has 0 aromatic carbocycles. The van der Waals surface area contributed by atoms with Crippen LogP contribution in [0.2, 0.25) is 0 Å². The first-order chi connectivity index (χ1) is 6.86. The largest absolute Gasteiger partial charge is 0.321 e. The molecule has 1 rings (SSSR count). The third kappa shape index (κ3) is 2.15. The third-order valence-corrected chi connectivity index (χ3v) is 3.06. The molecule has 2 N–H and O–H groups in total. The van der Waals surface area contributed by atoms with Gasteiger partial charge < -0.3 is 5.73 Å². The fourth-order valence-electron chi connectivity index (χ4n) is 1.85. The molecule has 0 heterocycles. The number of hydrogen-bond donors (Lipinski definition) is 1. The number of Topliss-reactive ketones (excluding diaryl/α,β-unsaturated/α-hetero) is 3. The first kappa shape index (κ1) is 12.0. The van der Waals surface area contributed by atoms with Gasteiger partial charge in [0.25, 0.3) is 0 Å². The second-order valence-corrected chi connectivity index (χ2v) is 4.55. The lowest BCUT2D eigenvalue weighted by molar-refractivity contribution is -0.134. The Morgan fingerprint density at radius 1 is 1.33 bits per heavy atom. The van der Waals surface area contributed by atoms with Crippen molar-refractivity contribution in [3.05, 3.63) is 0 Å². The van der Waals surface area contributed by atoms with Gasteiger partial charge in [-0.2, -0.15) is 0 Å². The van der Waals surface area contributed by atoms with Gasteiger partial charge in [0.05, 0.1) is 18.4 Å². The fraction of sp³-hybridized carbons (Fsp3) is 0.727. The molecule has 4 heteroatoms. The topological polar surface area (TPSA) is 77.2 Å². The molecule has 0 radical (unpaired) electrons. The Balaban J connectivity index is 2.84. The van der Waals surface area contributed by atoms with Crippen molar-refractivity contribution in [3.8, 4) is 0 Å². The normalized spacial score (nSPS) is 28.6. The summed E-state index contributed by atoms with van der Waals surface area (Å²) < 4.78 is 0. The van der Waals surface area contributed by atoms with Crippen molar-refractivity contribution < 1.29 is 14.4 Å². The molecule has 0 aromatic heterocycles. The maximum absolute atomic E-state index is 11.9. The number of nitrogens with two attached hydrogens (primary N) is 1. The first-order valence-corrected chi connectivity index (χ1v) is 5.21. The molecule has 1 aliphatic rings. The van der Waals surface area contributed by atoms with E-state index in [0.29, 0.717) is 0 Å². The number of carbonyl (C=O) groups excluding carboxylic acids is 3. The lowest BCUT2D eigenvalue weighted by atomic mass is 9.85. The molecular weight excluding hydrogens is 194 g/mol. The molecule has 1 aliphatic carbocycles. The number of rotatable bonds is 3. The smallest absolute Gasteiger partial charge is 0.160 e. The highest BCUT2D eigenvalue weighted by molar-refractivity contribution is 6.18. The molecule has 1 fully saturated rings. The van der Waals surface area contributed by atoms with Crippen LogP contribution >= 0.6 is 0 Å². The van der Waals surface area contributed by atoms with E-state index in [1.165, 1.54) is 0 Å². The Bertz CT molecular complexity index is 309. The van der Waals surface area contributed by atoms with Crippen LogP contribution in [0.25, 0.3) is 0 Å². The van der Waals surface area contributed by atoms with Gasteiger partial charge in [-0.05, 0) is 5.92 Å². The average Bonchev–Trinajstić information content (AvgIpc) is 2.39. The summed E-state index contributed by atoms with van der Waals surface area (Å²) in [7, 11) is 0. The minimum atomic E-state index is -0.796. The molecular formula is C11H17NO3. The quantitative estimate of drug-likeness (QED) is 0.682. The molecule has 0 aliphatic heterocycles. The zero-order valence-corrected chi connectivity index (χ0v) is 9.32. The molecule has 3 atom stereocenters. The van der Waals surface area contributed by atoms with Crippen LogP contribution in [0.4, 0.5) is 0 Å². The monoisotopic (exact) mass is 211 g/mol. The number of hydrogen-bond acceptors (Lipinski definition) is 4. The summed E-state index contributed by atoms with van der Waals surface area (Å²) in [4.78, 5) is 34.6. The summed E-state index contributed by atoms with van der Waals surface area (Å²) in [5, 5.41) is 0. The van der Waals surface area contributed by atoms with Gasteiger partial charge in [0, 0.05) is 5.92 Å². The van der Waals surface area contributed by atoms with Crippen molar-refractivity contribution in [1.29, 1.82) is 0 Å². The van der Waals surface area contributed by atoms with Crippen LogP contribution in [0.1, 0.15) is 27.2 Å². The van der Waals surface area contributed by atoms with E-state index in [-0.39, 0.29) is 29.7 Å². The maximum Gasteiger partial charge on any atom is 0.160 e. The fourth-order valence-corrected chi connectivity index (χ4v) is 1.85. The van der Waals surface area contributed by atoms with Gasteiger partial charge in [-0.15, -0.1) is 0 Å². The molecule has 0 saturated heterocycles. The van der Waals surface area contributed by atoms with Crippen LogP contribution in [0.3, 0.4) is 0 Å². The van der Waals surface area contributed by atoms with Crippen LogP contribution < -0.4 is 5.73 Å². The van der Waals surface area contributed by atoms with Crippen molar-refractivity contribution in [2.75, 3.05) is 0 Å². The van der Waals surface area contributed by atoms with Crippen LogP contribution in [0.15, 0.2) is 0 Å². The molecule has 84 valence electrons. The summed E-state index contributed by atoms with van der Waals surface area (Å²) in [6.07, 6.45) is -0.109. The second kappa shape index (κ2) is 4.23. The molecule has 0 spiro atoms. The maximum atomic E-state index is 11.9. The Hall–Kier alpha value is -1.03. The van der Waals surface area contributed by atoms with Crippen LogP contribution in [-0.4, -0.2) is 23.4 Å². The van der Waals surface area contributed by atoms with E-state index in [9.17, 15) is 14.4 Å². The van der Waals surface area contributed by atoms with Gasteiger partial charge in [-0.25, -0.2) is 0 Å². The summed E-state index contributed by atoms with van der Waals surface area (Å²) in [6.45, 7) is 5.28. The zero-order chi connectivity index (χ0) is 11.7. The minimum Gasteiger partial charge on any atom is -0.321 e. The highest BCUT2D eigenvalue weighted by Gasteiger charge is 2.44. The van der Waals surface area contributed by atoms with Gasteiger partial charge in [0.15, 0.2) is 11.6 Å². The summed E-state index contributed by atoms with van der Waals surface area (Å²) in [5.74, 6) is -1.99. The molecule has 0 aromatic rings. The molecule has 4 nitrogen and oxygen atoms in total. The number of ketones is 3. The van der Waals surface area contributed by atoms with Crippen LogP contribution in [0.5, 0.6) is 0 Å². The van der Waals surface area contributed by atoms with Crippen molar-refractivity contribution >= 4 is 17.3 Å². The van der Waals surface area contributed by atoms with Crippen molar-refractivity contribution in [2.24, 2.45) is 23.5 Å². The average molecular weight is 211 g/mol. The van der Waals surface area contributed by atoms with E-state index in [1.54, 1.807) is 6.92 Å². The Kier molecular flexibility index (Phi) is 3.39. The summed E-state index contributed by atoms with van der Waals surface area (Å²) >= 11 is 0. The molecule has 15 heavy (non-hydrogen) atoms. The highest BCUT2D eigenvalue weighted by Crippen LogP contribution is 2.27. The van der Waals surface area contributed by atoms with E-state index in [1.807, 2.05) is 13.8 Å². The van der Waals surface area contributed by atoms with E-state index >= 15 is 0 Å². The van der Waals surface area contributed by atoms with Gasteiger partial charge >= 0.3 is 0 Å². The highest BCUT2D eigenvalue weighted by atomic mass is 16.2. The van der Waals surface area contributed by atoms with Crippen LogP contribution in [-0.2, 0) is 14.4 Å². The molecule has 0 bridgehead atoms. The summed E-state index contributed by atoms with van der Waals surface area (Å²) in [6, 6.07) is -0.646. The zero-order valence-electron chi connectivity index (χ0n) is 9.32. The van der Waals surface area contributed by atoms with E-state index in [2.05, 4.69) is 0 Å². The van der Waals surface area contributed by atoms with Crippen molar-refractivity contribution in [2.45, 2.75) is 33.2 Å². The second-order valence-electron chi connectivity index (χ2n) is 4.55. The van der Waals surface area contributed by atoms with Crippen LogP contribution in [0, 0.1) is 17.8 Å². The molecule has 0 amide bonds. The lowest BCUT2D eigenvalue weighted by Crippen LogP contribution is -2.42. The lowest BCUT2D eigenvalue weighted by Gasteiger charge is -2.19. The Morgan fingerprint density at radius 3 is 2.20 bits per heavy atom. The third-order valence-electron chi connectivity index (χ3n) is 3.06. The predicted octanol–water partition coefficient (Wildman–Crippen LogP) is 0.333.